The lowest BCUT2D eigenvalue weighted by molar-refractivity contribution is 0.264. The molecule has 0 amide bonds. The van der Waals surface area contributed by atoms with Crippen molar-refractivity contribution >= 4 is 5.69 Å². The molecule has 1 N–H and O–H groups in total. The van der Waals surface area contributed by atoms with Crippen LogP contribution < -0.4 is 5.32 Å². The Balaban J connectivity index is 2.06. The summed E-state index contributed by atoms with van der Waals surface area (Å²) < 4.78 is 27.3. The highest BCUT2D eigenvalue weighted by Gasteiger charge is 2.24. The van der Waals surface area contributed by atoms with Crippen LogP contribution in [0, 0.1) is 30.4 Å². The smallest absolute Gasteiger partial charge is 0.146 e. The van der Waals surface area contributed by atoms with Gasteiger partial charge < -0.3 is 5.32 Å². The lowest BCUT2D eigenvalue weighted by Gasteiger charge is -2.32. The van der Waals surface area contributed by atoms with Crippen molar-refractivity contribution in [2.75, 3.05) is 5.32 Å². The molecular formula is C16H23F2N. The van der Waals surface area contributed by atoms with E-state index in [0.717, 1.165) is 19.3 Å². The minimum Gasteiger partial charge on any atom is -0.380 e. The average Bonchev–Trinajstić information content (AvgIpc) is 2.36. The van der Waals surface area contributed by atoms with E-state index in [1.165, 1.54) is 18.6 Å². The predicted octanol–water partition coefficient (Wildman–Crippen LogP) is 4.90. The van der Waals surface area contributed by atoms with E-state index in [1.807, 2.05) is 0 Å². The highest BCUT2D eigenvalue weighted by molar-refractivity contribution is 5.47. The number of anilines is 1. The van der Waals surface area contributed by atoms with Crippen molar-refractivity contribution in [2.45, 2.75) is 52.5 Å². The van der Waals surface area contributed by atoms with Gasteiger partial charge in [-0.1, -0.05) is 26.7 Å². The normalized spacial score (nSPS) is 23.7. The van der Waals surface area contributed by atoms with E-state index in [4.69, 9.17) is 0 Å². The van der Waals surface area contributed by atoms with E-state index in [2.05, 4.69) is 19.2 Å². The van der Waals surface area contributed by atoms with E-state index < -0.39 is 0 Å². The van der Waals surface area contributed by atoms with Crippen molar-refractivity contribution in [3.05, 3.63) is 29.3 Å². The minimum absolute atomic E-state index is 0.262. The van der Waals surface area contributed by atoms with E-state index >= 15 is 0 Å². The van der Waals surface area contributed by atoms with Crippen LogP contribution in [0.3, 0.4) is 0 Å². The first-order valence-corrected chi connectivity index (χ1v) is 7.19. The molecule has 1 aliphatic rings. The van der Waals surface area contributed by atoms with Gasteiger partial charge in [-0.3, -0.25) is 0 Å². The van der Waals surface area contributed by atoms with E-state index in [1.54, 1.807) is 6.92 Å². The number of hydrogen-bond donors (Lipinski definition) is 1. The highest BCUT2D eigenvalue weighted by atomic mass is 19.1. The summed E-state index contributed by atoms with van der Waals surface area (Å²) in [6.07, 6.45) is 4.50. The largest absolute Gasteiger partial charge is 0.380 e. The Morgan fingerprint density at radius 2 is 1.89 bits per heavy atom. The van der Waals surface area contributed by atoms with E-state index in [-0.39, 0.29) is 17.7 Å². The quantitative estimate of drug-likeness (QED) is 0.821. The Kier molecular flexibility index (Phi) is 4.43. The molecule has 1 saturated carbocycles. The molecule has 0 aliphatic heterocycles. The summed E-state index contributed by atoms with van der Waals surface area (Å²) in [4.78, 5) is 0. The number of benzene rings is 1. The zero-order valence-electron chi connectivity index (χ0n) is 12.0. The molecule has 106 valence electrons. The second-order valence-electron chi connectivity index (χ2n) is 6.09. The summed E-state index contributed by atoms with van der Waals surface area (Å²) in [5.41, 5.74) is 0.657. The highest BCUT2D eigenvalue weighted by Crippen LogP contribution is 2.32. The maximum Gasteiger partial charge on any atom is 0.146 e. The van der Waals surface area contributed by atoms with Gasteiger partial charge in [0.15, 0.2) is 0 Å². The zero-order chi connectivity index (χ0) is 14.0. The van der Waals surface area contributed by atoms with Crippen molar-refractivity contribution < 1.29 is 8.78 Å². The van der Waals surface area contributed by atoms with Gasteiger partial charge in [0.25, 0.3) is 0 Å². The van der Waals surface area contributed by atoms with Crippen LogP contribution in [-0.2, 0) is 0 Å². The first-order valence-electron chi connectivity index (χ1n) is 7.19. The van der Waals surface area contributed by atoms with Gasteiger partial charge in [-0.15, -0.1) is 0 Å². The van der Waals surface area contributed by atoms with Crippen molar-refractivity contribution in [3.8, 4) is 0 Å². The monoisotopic (exact) mass is 267 g/mol. The van der Waals surface area contributed by atoms with Crippen LogP contribution in [0.5, 0.6) is 0 Å². The molecule has 2 rings (SSSR count). The average molecular weight is 267 g/mol. The summed E-state index contributed by atoms with van der Waals surface area (Å²) in [5, 5.41) is 3.19. The fourth-order valence-corrected chi connectivity index (χ4v) is 2.94. The Bertz CT molecular complexity index is 443. The summed E-state index contributed by atoms with van der Waals surface area (Å²) >= 11 is 0. The van der Waals surface area contributed by atoms with Crippen molar-refractivity contribution in [1.82, 2.24) is 0 Å². The van der Waals surface area contributed by atoms with Gasteiger partial charge in [-0.25, -0.2) is 8.78 Å². The summed E-state index contributed by atoms with van der Waals surface area (Å²) in [5.74, 6) is 0.638. The summed E-state index contributed by atoms with van der Waals surface area (Å²) in [6, 6.07) is 2.81. The van der Waals surface area contributed by atoms with Crippen LogP contribution in [0.15, 0.2) is 12.1 Å². The fraction of sp³-hybridized carbons (Fsp3) is 0.625. The second-order valence-corrected chi connectivity index (χ2v) is 6.09. The van der Waals surface area contributed by atoms with Gasteiger partial charge in [-0.2, -0.15) is 0 Å². The molecular weight excluding hydrogens is 244 g/mol. The number of aryl methyl sites for hydroxylation is 1. The fourth-order valence-electron chi connectivity index (χ4n) is 2.94. The molecule has 0 aromatic heterocycles. The third-order valence-corrected chi connectivity index (χ3v) is 4.27. The molecule has 1 aromatic rings. The van der Waals surface area contributed by atoms with Gasteiger partial charge in [0.05, 0.1) is 5.69 Å². The molecule has 2 atom stereocenters. The summed E-state index contributed by atoms with van der Waals surface area (Å²) in [7, 11) is 0. The number of halogens is 2. The lowest BCUT2D eigenvalue weighted by atomic mass is 9.79. The second kappa shape index (κ2) is 5.89. The van der Waals surface area contributed by atoms with Gasteiger partial charge in [0, 0.05) is 12.1 Å². The first kappa shape index (κ1) is 14.3. The molecule has 19 heavy (non-hydrogen) atoms. The Labute approximate surface area is 114 Å². The number of nitrogens with one attached hydrogen (secondary N) is 1. The van der Waals surface area contributed by atoms with Crippen molar-refractivity contribution in [1.29, 1.82) is 0 Å². The SMILES string of the molecule is Cc1cc(F)c(NC2CCCC(C(C)C)C2)cc1F. The van der Waals surface area contributed by atoms with Crippen LogP contribution in [0.2, 0.25) is 0 Å². The number of hydrogen-bond acceptors (Lipinski definition) is 1. The molecule has 3 heteroatoms. The Morgan fingerprint density at radius 3 is 2.58 bits per heavy atom. The van der Waals surface area contributed by atoms with Gasteiger partial charge in [0.2, 0.25) is 0 Å². The van der Waals surface area contributed by atoms with Gasteiger partial charge in [0.1, 0.15) is 11.6 Å². The standard InChI is InChI=1S/C16H23F2N/c1-10(2)12-5-4-6-13(8-12)19-16-9-14(17)11(3)7-15(16)18/h7,9-10,12-13,19H,4-6,8H2,1-3H3. The number of rotatable bonds is 3. The summed E-state index contributed by atoms with van der Waals surface area (Å²) in [6.45, 7) is 6.05. The molecule has 1 nitrogen and oxygen atoms in total. The van der Waals surface area contributed by atoms with E-state index in [0.29, 0.717) is 23.1 Å². The topological polar surface area (TPSA) is 12.0 Å². The van der Waals surface area contributed by atoms with Gasteiger partial charge >= 0.3 is 0 Å². The minimum atomic E-state index is -0.356. The van der Waals surface area contributed by atoms with Crippen LogP contribution in [0.1, 0.15) is 45.1 Å². The van der Waals surface area contributed by atoms with Crippen LogP contribution in [0.4, 0.5) is 14.5 Å². The Hall–Kier alpha value is -1.12. The van der Waals surface area contributed by atoms with E-state index in [9.17, 15) is 8.78 Å². The Morgan fingerprint density at radius 1 is 1.16 bits per heavy atom. The molecule has 0 saturated heterocycles. The van der Waals surface area contributed by atoms with Crippen molar-refractivity contribution in [3.63, 3.8) is 0 Å². The molecule has 1 aliphatic carbocycles. The van der Waals surface area contributed by atoms with Crippen LogP contribution in [-0.4, -0.2) is 6.04 Å². The van der Waals surface area contributed by atoms with Crippen molar-refractivity contribution in [2.24, 2.45) is 11.8 Å². The maximum atomic E-state index is 13.8. The van der Waals surface area contributed by atoms with Crippen LogP contribution in [0.25, 0.3) is 0 Å². The molecule has 0 bridgehead atoms. The third kappa shape index (κ3) is 3.46. The molecule has 0 spiro atoms. The molecule has 1 aromatic carbocycles. The molecule has 0 heterocycles. The first-order chi connectivity index (χ1) is 8.97. The van der Waals surface area contributed by atoms with Crippen LogP contribution >= 0.6 is 0 Å². The zero-order valence-corrected chi connectivity index (χ0v) is 12.0. The molecule has 2 unspecified atom stereocenters. The predicted molar refractivity (Wildman–Crippen MR) is 75.3 cm³/mol. The van der Waals surface area contributed by atoms with Gasteiger partial charge in [-0.05, 0) is 43.2 Å². The molecule has 1 fully saturated rings. The maximum absolute atomic E-state index is 13.8. The third-order valence-electron chi connectivity index (χ3n) is 4.27. The lowest BCUT2D eigenvalue weighted by Crippen LogP contribution is -2.29. The molecule has 0 radical (unpaired) electrons.